The monoisotopic (exact) mass is 465 g/mol. The van der Waals surface area contributed by atoms with Gasteiger partial charge in [-0.05, 0) is 30.2 Å². The highest BCUT2D eigenvalue weighted by Crippen LogP contribution is 2.15. The average Bonchev–Trinajstić information content (AvgIpc) is 3.35. The van der Waals surface area contributed by atoms with Crippen LogP contribution in [0.3, 0.4) is 0 Å². The molecule has 0 aromatic heterocycles. The Labute approximate surface area is 199 Å². The molecular weight excluding hydrogens is 434 g/mol. The van der Waals surface area contributed by atoms with E-state index in [1.807, 2.05) is 61.5 Å². The highest BCUT2D eigenvalue weighted by molar-refractivity contribution is 5.87. The second kappa shape index (κ2) is 12.9. The number of alkyl carbamates (subject to hydrolysis) is 1. The summed E-state index contributed by atoms with van der Waals surface area (Å²) in [7, 11) is 0. The van der Waals surface area contributed by atoms with E-state index < -0.39 is 12.1 Å². The topological polar surface area (TPSA) is 117 Å². The molecule has 0 aliphatic carbocycles. The first-order valence-corrected chi connectivity index (χ1v) is 11.1. The first kappa shape index (κ1) is 24.6. The number of guanidine groups is 1. The minimum atomic E-state index is -0.681. The molecule has 0 saturated carbocycles. The van der Waals surface area contributed by atoms with E-state index in [0.717, 1.165) is 29.9 Å². The van der Waals surface area contributed by atoms with E-state index in [1.165, 1.54) is 0 Å². The van der Waals surface area contributed by atoms with Gasteiger partial charge in [-0.1, -0.05) is 49.0 Å². The molecule has 9 nitrogen and oxygen atoms in total. The predicted octanol–water partition coefficient (Wildman–Crippen LogP) is 3.29. The van der Waals surface area contributed by atoms with Crippen molar-refractivity contribution in [2.24, 2.45) is 10.1 Å². The molecule has 180 valence electrons. The molecule has 0 fully saturated rings. The molecule has 1 amide bonds. The number of amides is 1. The minimum Gasteiger partial charge on any atom is -0.511 e. The molecule has 0 radical (unpaired) electrons. The van der Waals surface area contributed by atoms with Gasteiger partial charge in [0.05, 0.1) is 19.2 Å². The zero-order valence-corrected chi connectivity index (χ0v) is 19.3. The van der Waals surface area contributed by atoms with Gasteiger partial charge in [0.1, 0.15) is 18.1 Å². The lowest BCUT2D eigenvalue weighted by molar-refractivity contribution is 0.132. The van der Waals surface area contributed by atoms with Crippen LogP contribution in [-0.4, -0.2) is 48.6 Å². The van der Waals surface area contributed by atoms with E-state index in [9.17, 15) is 9.90 Å². The number of nitrogens with zero attached hydrogens (tertiary/aromatic N) is 2. The average molecular weight is 466 g/mol. The maximum atomic E-state index is 12.1. The van der Waals surface area contributed by atoms with Crippen LogP contribution in [0.15, 0.2) is 77.0 Å². The van der Waals surface area contributed by atoms with Crippen LogP contribution in [0.5, 0.6) is 5.75 Å². The molecular formula is C25H31N5O4. The van der Waals surface area contributed by atoms with Gasteiger partial charge in [0.2, 0.25) is 5.96 Å². The maximum absolute atomic E-state index is 12.1. The molecule has 1 aliphatic heterocycles. The number of hydrogen-bond acceptors (Lipinski definition) is 8. The number of nitrogens with one attached hydrogen (secondary N) is 3. The lowest BCUT2D eigenvalue weighted by Crippen LogP contribution is -2.37. The summed E-state index contributed by atoms with van der Waals surface area (Å²) in [6, 6.07) is 16.4. The zero-order chi connectivity index (χ0) is 24.2. The van der Waals surface area contributed by atoms with Crippen molar-refractivity contribution in [3.8, 4) is 5.75 Å². The summed E-state index contributed by atoms with van der Waals surface area (Å²) in [5.41, 5.74) is 5.76. The number of rotatable bonds is 11. The van der Waals surface area contributed by atoms with E-state index >= 15 is 0 Å². The quantitative estimate of drug-likeness (QED) is 0.230. The van der Waals surface area contributed by atoms with Gasteiger partial charge in [-0.15, -0.1) is 0 Å². The Morgan fingerprint density at radius 3 is 2.76 bits per heavy atom. The maximum Gasteiger partial charge on any atom is 0.408 e. The summed E-state index contributed by atoms with van der Waals surface area (Å²) >= 11 is 0. The molecule has 0 saturated heterocycles. The van der Waals surface area contributed by atoms with Gasteiger partial charge in [0.15, 0.2) is 0 Å². The van der Waals surface area contributed by atoms with Gasteiger partial charge in [-0.2, -0.15) is 5.10 Å². The van der Waals surface area contributed by atoms with Gasteiger partial charge in [0.25, 0.3) is 0 Å². The highest BCUT2D eigenvalue weighted by atomic mass is 16.5. The van der Waals surface area contributed by atoms with Crippen molar-refractivity contribution < 1.29 is 19.4 Å². The van der Waals surface area contributed by atoms with Crippen molar-refractivity contribution in [2.75, 3.05) is 19.7 Å². The summed E-state index contributed by atoms with van der Waals surface area (Å²) in [4.78, 5) is 16.3. The van der Waals surface area contributed by atoms with Crippen LogP contribution >= 0.6 is 0 Å². The smallest absolute Gasteiger partial charge is 0.408 e. The third kappa shape index (κ3) is 8.50. The summed E-state index contributed by atoms with van der Waals surface area (Å²) in [5.74, 6) is 1.22. The van der Waals surface area contributed by atoms with Gasteiger partial charge in [-0.3, -0.25) is 0 Å². The number of aliphatic imine (C=N–C) groups is 1. The Bertz CT molecular complexity index is 1020. The Morgan fingerprint density at radius 1 is 1.24 bits per heavy atom. The second-order valence-corrected chi connectivity index (χ2v) is 7.83. The fraction of sp³-hybridized carbons (Fsp3) is 0.320. The van der Waals surface area contributed by atoms with Crippen LogP contribution in [0.2, 0.25) is 0 Å². The molecule has 1 aliphatic rings. The second-order valence-electron chi connectivity index (χ2n) is 7.83. The molecule has 9 heteroatoms. The molecule has 34 heavy (non-hydrogen) atoms. The molecule has 1 unspecified atom stereocenters. The van der Waals surface area contributed by atoms with E-state index in [1.54, 1.807) is 0 Å². The number of benzene rings is 2. The molecule has 0 bridgehead atoms. The van der Waals surface area contributed by atoms with E-state index in [2.05, 4.69) is 32.7 Å². The van der Waals surface area contributed by atoms with Crippen molar-refractivity contribution in [2.45, 2.75) is 32.4 Å². The first-order valence-electron chi connectivity index (χ1n) is 11.1. The number of hydrogen-bond donors (Lipinski definition) is 4. The van der Waals surface area contributed by atoms with Crippen LogP contribution in [-0.2, 0) is 17.8 Å². The van der Waals surface area contributed by atoms with Crippen molar-refractivity contribution in [1.29, 1.82) is 0 Å². The Morgan fingerprint density at radius 2 is 2.03 bits per heavy atom. The lowest BCUT2D eigenvalue weighted by Gasteiger charge is -2.18. The van der Waals surface area contributed by atoms with Crippen LogP contribution in [0.4, 0.5) is 4.79 Å². The summed E-state index contributed by atoms with van der Waals surface area (Å²) < 4.78 is 11.0. The minimum absolute atomic E-state index is 0.142. The van der Waals surface area contributed by atoms with E-state index in [0.29, 0.717) is 24.6 Å². The lowest BCUT2D eigenvalue weighted by atomic mass is 10.1. The molecule has 3 rings (SSSR count). The van der Waals surface area contributed by atoms with E-state index in [-0.39, 0.29) is 19.0 Å². The van der Waals surface area contributed by atoms with Crippen molar-refractivity contribution in [3.05, 3.63) is 78.1 Å². The fourth-order valence-corrected chi connectivity index (χ4v) is 3.23. The highest BCUT2D eigenvalue weighted by Gasteiger charge is 2.16. The van der Waals surface area contributed by atoms with Crippen molar-refractivity contribution >= 4 is 17.8 Å². The number of carbonyl (C=O) groups excluding carboxylic acids is 1. The van der Waals surface area contributed by atoms with Crippen LogP contribution in [0.25, 0.3) is 0 Å². The summed E-state index contributed by atoms with van der Waals surface area (Å²) in [6.07, 6.45) is 0.357. The molecule has 1 heterocycles. The first-order chi connectivity index (χ1) is 16.5. The molecule has 1 atom stereocenters. The van der Waals surface area contributed by atoms with Crippen LogP contribution in [0, 0.1) is 0 Å². The summed E-state index contributed by atoms with van der Waals surface area (Å²) in [5, 5.41) is 19.9. The molecule has 4 N–H and O–H groups in total. The number of aliphatic hydroxyl groups excluding tert-OH is 1. The van der Waals surface area contributed by atoms with Crippen molar-refractivity contribution in [1.82, 2.24) is 16.1 Å². The van der Waals surface area contributed by atoms with Crippen molar-refractivity contribution in [3.63, 3.8) is 0 Å². The normalized spacial score (nSPS) is 13.9. The molecule has 2 aromatic rings. The zero-order valence-electron chi connectivity index (χ0n) is 19.3. The largest absolute Gasteiger partial charge is 0.511 e. The summed E-state index contributed by atoms with van der Waals surface area (Å²) in [6.45, 7) is 7.48. The van der Waals surface area contributed by atoms with Gasteiger partial charge >= 0.3 is 6.09 Å². The standard InChI is InChI=1S/C25H31N5O4/c1-18(29-30-24-26-12-13-27-24)15-21-9-6-10-22(16-21)33-14-11-23(19(2)31)28-25(32)34-17-20-7-4-3-5-8-20/h3-10,16,23,31H,2,11-15,17H2,1H3,(H,28,32)(H2,26,27,30)/b29-18+. The van der Waals surface area contributed by atoms with Crippen LogP contribution < -0.4 is 20.8 Å². The van der Waals surface area contributed by atoms with Gasteiger partial charge < -0.3 is 25.2 Å². The predicted molar refractivity (Wildman–Crippen MR) is 132 cm³/mol. The Hall–Kier alpha value is -4.01. The number of hydrazone groups is 1. The van der Waals surface area contributed by atoms with Gasteiger partial charge in [0, 0.05) is 25.1 Å². The van der Waals surface area contributed by atoms with Crippen LogP contribution in [0.1, 0.15) is 24.5 Å². The third-order valence-corrected chi connectivity index (χ3v) is 4.97. The van der Waals surface area contributed by atoms with Gasteiger partial charge in [-0.25, -0.2) is 15.2 Å². The molecule has 0 spiro atoms. The SMILES string of the molecule is C=C(O)C(CCOc1cccc(C/C(C)=N/NC2=NCCN2)c1)NC(=O)OCc1ccccc1. The number of carbonyl (C=O) groups is 1. The third-order valence-electron chi connectivity index (χ3n) is 4.97. The fourth-order valence-electron chi connectivity index (χ4n) is 3.23. The Kier molecular flexibility index (Phi) is 9.33. The number of ether oxygens (including phenoxy) is 2. The number of aliphatic hydroxyl groups is 1. The molecule has 2 aromatic carbocycles. The Balaban J connectivity index is 1.43. The van der Waals surface area contributed by atoms with E-state index in [4.69, 9.17) is 9.47 Å².